The molecule has 0 atom stereocenters. The first-order valence-electron chi connectivity index (χ1n) is 7.74. The van der Waals surface area contributed by atoms with E-state index in [9.17, 15) is 4.79 Å². The summed E-state index contributed by atoms with van der Waals surface area (Å²) >= 11 is 0. The molecule has 3 aromatic rings. The lowest BCUT2D eigenvalue weighted by atomic mass is 10.1. The number of rotatable bonds is 5. The highest BCUT2D eigenvalue weighted by atomic mass is 16.5. The molecule has 0 bridgehead atoms. The van der Waals surface area contributed by atoms with Gasteiger partial charge in [0.1, 0.15) is 0 Å². The van der Waals surface area contributed by atoms with E-state index in [0.717, 1.165) is 11.4 Å². The van der Waals surface area contributed by atoms with E-state index in [1.807, 2.05) is 43.4 Å². The first-order valence-corrected chi connectivity index (χ1v) is 7.74. The number of aromatic nitrogens is 4. The molecule has 124 valence electrons. The summed E-state index contributed by atoms with van der Waals surface area (Å²) in [5.41, 5.74) is 2.42. The standard InChI is InChI=1S/C17H19N5O2/c1-11(2)14-9-13(20-22(14)3)17-19-15(21-24-17)10-16(23)18-12-7-5-4-6-8-12/h4-9,11H,10H2,1-3H3,(H,18,23). The lowest BCUT2D eigenvalue weighted by Gasteiger charge is -2.02. The number of anilines is 1. The van der Waals surface area contributed by atoms with Crippen molar-refractivity contribution in [3.63, 3.8) is 0 Å². The maximum Gasteiger partial charge on any atom is 0.278 e. The van der Waals surface area contributed by atoms with Crippen molar-refractivity contribution in [3.05, 3.63) is 47.9 Å². The summed E-state index contributed by atoms with van der Waals surface area (Å²) in [6.45, 7) is 4.18. The van der Waals surface area contributed by atoms with Gasteiger partial charge in [-0.3, -0.25) is 9.48 Å². The van der Waals surface area contributed by atoms with E-state index in [0.29, 0.717) is 23.3 Å². The molecule has 0 unspecified atom stereocenters. The number of carbonyl (C=O) groups is 1. The third-order valence-corrected chi connectivity index (χ3v) is 3.57. The molecular formula is C17H19N5O2. The molecule has 24 heavy (non-hydrogen) atoms. The maximum absolute atomic E-state index is 12.0. The van der Waals surface area contributed by atoms with Crippen LogP contribution in [0.4, 0.5) is 5.69 Å². The first-order chi connectivity index (χ1) is 11.5. The van der Waals surface area contributed by atoms with Crippen LogP contribution in [0.1, 0.15) is 31.3 Å². The minimum atomic E-state index is -0.197. The van der Waals surface area contributed by atoms with Crippen LogP contribution in [0.3, 0.4) is 0 Å². The van der Waals surface area contributed by atoms with E-state index in [-0.39, 0.29) is 12.3 Å². The van der Waals surface area contributed by atoms with Gasteiger partial charge in [-0.1, -0.05) is 37.2 Å². The molecule has 2 heterocycles. The fraction of sp³-hybridized carbons (Fsp3) is 0.294. The minimum Gasteiger partial charge on any atom is -0.332 e. The number of carbonyl (C=O) groups excluding carboxylic acids is 1. The lowest BCUT2D eigenvalue weighted by Crippen LogP contribution is -2.15. The molecule has 1 amide bonds. The Morgan fingerprint density at radius 2 is 2.04 bits per heavy atom. The Balaban J connectivity index is 1.69. The molecule has 0 saturated heterocycles. The number of benzene rings is 1. The summed E-state index contributed by atoms with van der Waals surface area (Å²) < 4.78 is 7.03. The molecule has 7 heteroatoms. The summed E-state index contributed by atoms with van der Waals surface area (Å²) in [7, 11) is 1.88. The van der Waals surface area contributed by atoms with Crippen LogP contribution in [0, 0.1) is 0 Å². The number of nitrogens with one attached hydrogen (secondary N) is 1. The Labute approximate surface area is 139 Å². The summed E-state index contributed by atoms with van der Waals surface area (Å²) in [5.74, 6) is 0.794. The molecule has 1 aromatic carbocycles. The van der Waals surface area contributed by atoms with E-state index in [1.54, 1.807) is 4.68 Å². The van der Waals surface area contributed by atoms with Crippen LogP contribution in [-0.4, -0.2) is 25.8 Å². The fourth-order valence-corrected chi connectivity index (χ4v) is 2.43. The van der Waals surface area contributed by atoms with Gasteiger partial charge in [0.05, 0.1) is 6.42 Å². The highest BCUT2D eigenvalue weighted by molar-refractivity contribution is 5.91. The summed E-state index contributed by atoms with van der Waals surface area (Å²) in [6, 6.07) is 11.2. The average molecular weight is 325 g/mol. The number of nitrogens with zero attached hydrogens (tertiary/aromatic N) is 4. The monoisotopic (exact) mass is 325 g/mol. The second kappa shape index (κ2) is 6.66. The van der Waals surface area contributed by atoms with Gasteiger partial charge in [0, 0.05) is 18.4 Å². The molecule has 0 aliphatic rings. The van der Waals surface area contributed by atoms with Crippen molar-refractivity contribution in [3.8, 4) is 11.6 Å². The molecule has 0 aliphatic heterocycles. The minimum absolute atomic E-state index is 0.0439. The van der Waals surface area contributed by atoms with Crippen LogP contribution in [0.5, 0.6) is 0 Å². The Kier molecular flexibility index (Phi) is 4.41. The molecular weight excluding hydrogens is 306 g/mol. The predicted molar refractivity (Wildman–Crippen MR) is 89.4 cm³/mol. The van der Waals surface area contributed by atoms with E-state index in [4.69, 9.17) is 4.52 Å². The van der Waals surface area contributed by atoms with Crippen LogP contribution in [0.25, 0.3) is 11.6 Å². The van der Waals surface area contributed by atoms with Crippen molar-refractivity contribution in [2.45, 2.75) is 26.2 Å². The number of hydrogen-bond acceptors (Lipinski definition) is 5. The zero-order valence-corrected chi connectivity index (χ0v) is 13.9. The highest BCUT2D eigenvalue weighted by Gasteiger charge is 2.17. The molecule has 0 radical (unpaired) electrons. The Morgan fingerprint density at radius 1 is 1.29 bits per heavy atom. The van der Waals surface area contributed by atoms with Crippen LogP contribution < -0.4 is 5.32 Å². The van der Waals surface area contributed by atoms with Gasteiger partial charge in [0.15, 0.2) is 11.5 Å². The molecule has 7 nitrogen and oxygen atoms in total. The first kappa shape index (κ1) is 15.9. The van der Waals surface area contributed by atoms with E-state index in [2.05, 4.69) is 34.4 Å². The number of aryl methyl sites for hydroxylation is 1. The molecule has 0 fully saturated rings. The Bertz CT molecular complexity index is 836. The molecule has 2 aromatic heterocycles. The normalized spacial score (nSPS) is 11.0. The van der Waals surface area contributed by atoms with Crippen LogP contribution in [0.15, 0.2) is 40.9 Å². The predicted octanol–water partition coefficient (Wildman–Crippen LogP) is 2.77. The van der Waals surface area contributed by atoms with Gasteiger partial charge in [-0.15, -0.1) is 0 Å². The van der Waals surface area contributed by atoms with E-state index in [1.165, 1.54) is 0 Å². The number of para-hydroxylation sites is 1. The van der Waals surface area contributed by atoms with Gasteiger partial charge >= 0.3 is 0 Å². The topological polar surface area (TPSA) is 85.8 Å². The Morgan fingerprint density at radius 3 is 2.71 bits per heavy atom. The largest absolute Gasteiger partial charge is 0.332 e. The summed E-state index contributed by atoms with van der Waals surface area (Å²) in [6.07, 6.45) is 0.0439. The van der Waals surface area contributed by atoms with Crippen molar-refractivity contribution in [1.29, 1.82) is 0 Å². The molecule has 3 rings (SSSR count). The van der Waals surface area contributed by atoms with Gasteiger partial charge in [-0.25, -0.2) is 0 Å². The van der Waals surface area contributed by atoms with Crippen molar-refractivity contribution in [2.24, 2.45) is 7.05 Å². The van der Waals surface area contributed by atoms with Crippen LogP contribution in [0.2, 0.25) is 0 Å². The lowest BCUT2D eigenvalue weighted by molar-refractivity contribution is -0.115. The second-order valence-electron chi connectivity index (χ2n) is 5.84. The van der Waals surface area contributed by atoms with Gasteiger partial charge in [0.2, 0.25) is 5.91 Å². The zero-order chi connectivity index (χ0) is 17.1. The number of hydrogen-bond donors (Lipinski definition) is 1. The van der Waals surface area contributed by atoms with Gasteiger partial charge in [-0.2, -0.15) is 10.1 Å². The van der Waals surface area contributed by atoms with Gasteiger partial charge in [-0.05, 0) is 24.1 Å². The van der Waals surface area contributed by atoms with Crippen molar-refractivity contribution < 1.29 is 9.32 Å². The smallest absolute Gasteiger partial charge is 0.278 e. The summed E-state index contributed by atoms with van der Waals surface area (Å²) in [5, 5.41) is 11.0. The molecule has 1 N–H and O–H groups in total. The third kappa shape index (κ3) is 3.51. The molecule has 0 spiro atoms. The van der Waals surface area contributed by atoms with Crippen molar-refractivity contribution >= 4 is 11.6 Å². The maximum atomic E-state index is 12.0. The van der Waals surface area contributed by atoms with Gasteiger partial charge < -0.3 is 9.84 Å². The van der Waals surface area contributed by atoms with E-state index < -0.39 is 0 Å². The average Bonchev–Trinajstić information content (AvgIpc) is 3.14. The van der Waals surface area contributed by atoms with Crippen LogP contribution >= 0.6 is 0 Å². The molecule has 0 saturated carbocycles. The fourth-order valence-electron chi connectivity index (χ4n) is 2.43. The van der Waals surface area contributed by atoms with Crippen molar-refractivity contribution in [2.75, 3.05) is 5.32 Å². The van der Waals surface area contributed by atoms with Gasteiger partial charge in [0.25, 0.3) is 5.89 Å². The third-order valence-electron chi connectivity index (χ3n) is 3.57. The van der Waals surface area contributed by atoms with E-state index >= 15 is 0 Å². The SMILES string of the molecule is CC(C)c1cc(-c2nc(CC(=O)Nc3ccccc3)no2)nn1C. The second-order valence-corrected chi connectivity index (χ2v) is 5.84. The highest BCUT2D eigenvalue weighted by Crippen LogP contribution is 2.21. The quantitative estimate of drug-likeness (QED) is 0.779. The zero-order valence-electron chi connectivity index (χ0n) is 13.9. The summed E-state index contributed by atoms with van der Waals surface area (Å²) in [4.78, 5) is 16.3. The number of amides is 1. The Hall–Kier alpha value is -2.96. The van der Waals surface area contributed by atoms with Crippen LogP contribution in [-0.2, 0) is 18.3 Å². The van der Waals surface area contributed by atoms with Crippen molar-refractivity contribution in [1.82, 2.24) is 19.9 Å². The molecule has 0 aliphatic carbocycles.